The number of piperidine rings is 1. The van der Waals surface area contributed by atoms with E-state index in [1.165, 1.54) is 44.9 Å². The van der Waals surface area contributed by atoms with Crippen molar-refractivity contribution in [2.75, 3.05) is 13.1 Å². The molecule has 1 amide bonds. The molecule has 1 saturated carbocycles. The summed E-state index contributed by atoms with van der Waals surface area (Å²) in [4.78, 5) is 11.9. The van der Waals surface area contributed by atoms with Gasteiger partial charge in [0, 0.05) is 6.54 Å². The molecule has 3 atom stereocenters. The van der Waals surface area contributed by atoms with Crippen molar-refractivity contribution in [2.45, 2.75) is 64.3 Å². The molecule has 0 aromatic carbocycles. The van der Waals surface area contributed by atoms with E-state index < -0.39 is 0 Å². The molecule has 2 rings (SSSR count). The quantitative estimate of drug-likeness (QED) is 0.835. The molecule has 3 unspecified atom stereocenters. The summed E-state index contributed by atoms with van der Waals surface area (Å²) in [6.45, 7) is 4.23. The van der Waals surface area contributed by atoms with E-state index in [-0.39, 0.29) is 24.4 Å². The van der Waals surface area contributed by atoms with Crippen molar-refractivity contribution in [1.82, 2.24) is 10.6 Å². The lowest BCUT2D eigenvalue weighted by molar-refractivity contribution is -0.123. The first-order chi connectivity index (χ1) is 8.75. The third-order valence-electron chi connectivity index (χ3n) is 4.52. The summed E-state index contributed by atoms with van der Waals surface area (Å²) in [5, 5.41) is 6.42. The largest absolute Gasteiger partial charge is 0.355 e. The van der Waals surface area contributed by atoms with Gasteiger partial charge in [0.2, 0.25) is 5.91 Å². The van der Waals surface area contributed by atoms with Gasteiger partial charge < -0.3 is 10.6 Å². The molecule has 3 nitrogen and oxygen atoms in total. The summed E-state index contributed by atoms with van der Waals surface area (Å²) >= 11 is 0. The first kappa shape index (κ1) is 16.8. The van der Waals surface area contributed by atoms with Crippen LogP contribution in [0.4, 0.5) is 0 Å². The maximum Gasteiger partial charge on any atom is 0.237 e. The van der Waals surface area contributed by atoms with E-state index in [9.17, 15) is 4.79 Å². The Morgan fingerprint density at radius 2 is 2.05 bits per heavy atom. The maximum atomic E-state index is 11.9. The lowest BCUT2D eigenvalue weighted by Crippen LogP contribution is -2.47. The fourth-order valence-electron chi connectivity index (χ4n) is 3.42. The van der Waals surface area contributed by atoms with Gasteiger partial charge in [-0.05, 0) is 44.1 Å². The summed E-state index contributed by atoms with van der Waals surface area (Å²) in [6, 6.07) is 0.0732. The lowest BCUT2D eigenvalue weighted by atomic mass is 9.81. The first-order valence-electron chi connectivity index (χ1n) is 7.77. The molecule has 19 heavy (non-hydrogen) atoms. The first-order valence-corrected chi connectivity index (χ1v) is 7.77. The van der Waals surface area contributed by atoms with Gasteiger partial charge in [-0.2, -0.15) is 0 Å². The molecule has 1 aliphatic carbocycles. The summed E-state index contributed by atoms with van der Waals surface area (Å²) in [6.07, 6.45) is 10.1. The van der Waals surface area contributed by atoms with E-state index in [0.717, 1.165) is 31.3 Å². The number of carbonyl (C=O) groups excluding carboxylic acids is 1. The zero-order valence-electron chi connectivity index (χ0n) is 12.1. The Hall–Kier alpha value is -0.280. The maximum absolute atomic E-state index is 11.9. The Bertz CT molecular complexity index is 267. The number of amides is 1. The molecule has 112 valence electrons. The van der Waals surface area contributed by atoms with Crippen LogP contribution in [0, 0.1) is 11.8 Å². The van der Waals surface area contributed by atoms with Gasteiger partial charge in [-0.3, -0.25) is 4.79 Å². The molecule has 2 aliphatic rings. The third-order valence-corrected chi connectivity index (χ3v) is 4.52. The highest BCUT2D eigenvalue weighted by Crippen LogP contribution is 2.30. The summed E-state index contributed by atoms with van der Waals surface area (Å²) in [5.41, 5.74) is 0. The van der Waals surface area contributed by atoms with Crippen molar-refractivity contribution in [3.8, 4) is 0 Å². The topological polar surface area (TPSA) is 41.1 Å². The summed E-state index contributed by atoms with van der Waals surface area (Å²) in [7, 11) is 0. The van der Waals surface area contributed by atoms with Gasteiger partial charge in [-0.25, -0.2) is 0 Å². The highest BCUT2D eigenvalue weighted by Gasteiger charge is 2.21. The number of hydrogen-bond donors (Lipinski definition) is 2. The van der Waals surface area contributed by atoms with Crippen molar-refractivity contribution in [1.29, 1.82) is 0 Å². The molecule has 4 heteroatoms. The summed E-state index contributed by atoms with van der Waals surface area (Å²) in [5.74, 6) is 1.95. The number of hydrogen-bond acceptors (Lipinski definition) is 2. The molecule has 0 spiro atoms. The monoisotopic (exact) mass is 288 g/mol. The van der Waals surface area contributed by atoms with Crippen LogP contribution in [0.5, 0.6) is 0 Å². The Morgan fingerprint density at radius 3 is 2.74 bits per heavy atom. The minimum atomic E-state index is 0. The third kappa shape index (κ3) is 5.70. The minimum Gasteiger partial charge on any atom is -0.355 e. The number of halogens is 1. The fourth-order valence-corrected chi connectivity index (χ4v) is 3.42. The molecular formula is C15H29ClN2O. The van der Waals surface area contributed by atoms with E-state index in [1.807, 2.05) is 0 Å². The second-order valence-electron chi connectivity index (χ2n) is 6.22. The van der Waals surface area contributed by atoms with Crippen molar-refractivity contribution >= 4 is 18.3 Å². The van der Waals surface area contributed by atoms with Crippen LogP contribution in [0.2, 0.25) is 0 Å². The van der Waals surface area contributed by atoms with E-state index in [1.54, 1.807) is 0 Å². The Kier molecular flexibility index (Phi) is 7.77. The Morgan fingerprint density at radius 1 is 1.21 bits per heavy atom. The van der Waals surface area contributed by atoms with Gasteiger partial charge in [0.15, 0.2) is 0 Å². The van der Waals surface area contributed by atoms with E-state index >= 15 is 0 Å². The van der Waals surface area contributed by atoms with Crippen molar-refractivity contribution in [3.63, 3.8) is 0 Å². The van der Waals surface area contributed by atoms with Crippen molar-refractivity contribution in [3.05, 3.63) is 0 Å². The Balaban J connectivity index is 0.00000180. The van der Waals surface area contributed by atoms with Crippen LogP contribution >= 0.6 is 12.4 Å². The molecule has 1 saturated heterocycles. The van der Waals surface area contributed by atoms with Gasteiger partial charge in [0.25, 0.3) is 0 Å². The van der Waals surface area contributed by atoms with Gasteiger partial charge >= 0.3 is 0 Å². The number of carbonyl (C=O) groups is 1. The number of rotatable bonds is 4. The van der Waals surface area contributed by atoms with Crippen LogP contribution in [-0.2, 0) is 4.79 Å². The average molecular weight is 289 g/mol. The molecular weight excluding hydrogens is 260 g/mol. The Labute approximate surface area is 123 Å². The molecule has 0 radical (unpaired) electrons. The molecule has 1 aliphatic heterocycles. The van der Waals surface area contributed by atoms with Gasteiger partial charge in [-0.1, -0.05) is 32.6 Å². The van der Waals surface area contributed by atoms with Crippen LogP contribution in [0.25, 0.3) is 0 Å². The molecule has 0 aromatic rings. The van der Waals surface area contributed by atoms with E-state index in [4.69, 9.17) is 0 Å². The van der Waals surface area contributed by atoms with Gasteiger partial charge in [0.1, 0.15) is 0 Å². The highest BCUT2D eigenvalue weighted by atomic mass is 35.5. The van der Waals surface area contributed by atoms with Crippen LogP contribution < -0.4 is 10.6 Å². The highest BCUT2D eigenvalue weighted by molar-refractivity contribution is 5.85. The minimum absolute atomic E-state index is 0. The zero-order valence-corrected chi connectivity index (χ0v) is 12.9. The average Bonchev–Trinajstić information content (AvgIpc) is 2.40. The van der Waals surface area contributed by atoms with Gasteiger partial charge in [-0.15, -0.1) is 12.4 Å². The van der Waals surface area contributed by atoms with Crippen molar-refractivity contribution in [2.24, 2.45) is 11.8 Å². The SMILES string of the molecule is CC1CCCC(CCNC(=O)C2CCCCN2)C1.Cl. The molecule has 0 bridgehead atoms. The molecule has 2 fully saturated rings. The van der Waals surface area contributed by atoms with E-state index in [2.05, 4.69) is 17.6 Å². The van der Waals surface area contributed by atoms with Crippen LogP contribution in [-0.4, -0.2) is 25.0 Å². The van der Waals surface area contributed by atoms with Gasteiger partial charge in [0.05, 0.1) is 6.04 Å². The number of nitrogens with one attached hydrogen (secondary N) is 2. The van der Waals surface area contributed by atoms with Crippen LogP contribution in [0.15, 0.2) is 0 Å². The normalized spacial score (nSPS) is 31.3. The van der Waals surface area contributed by atoms with E-state index in [0.29, 0.717) is 0 Å². The summed E-state index contributed by atoms with van der Waals surface area (Å²) < 4.78 is 0. The molecule has 1 heterocycles. The molecule has 0 aromatic heterocycles. The van der Waals surface area contributed by atoms with Crippen LogP contribution in [0.1, 0.15) is 58.3 Å². The zero-order chi connectivity index (χ0) is 12.8. The second kappa shape index (κ2) is 8.80. The second-order valence-corrected chi connectivity index (χ2v) is 6.22. The molecule has 2 N–H and O–H groups in total. The predicted molar refractivity (Wildman–Crippen MR) is 81.6 cm³/mol. The van der Waals surface area contributed by atoms with Crippen LogP contribution in [0.3, 0.4) is 0 Å². The lowest BCUT2D eigenvalue weighted by Gasteiger charge is -2.27. The smallest absolute Gasteiger partial charge is 0.237 e. The predicted octanol–water partition coefficient (Wildman–Crippen LogP) is 2.88. The van der Waals surface area contributed by atoms with Crippen molar-refractivity contribution < 1.29 is 4.79 Å². The fraction of sp³-hybridized carbons (Fsp3) is 0.933. The standard InChI is InChI=1S/C15H28N2O.ClH/c1-12-5-4-6-13(11-12)8-10-17-15(18)14-7-2-3-9-16-14;/h12-14,16H,2-11H2,1H3,(H,17,18);1H.